The molecule has 0 unspecified atom stereocenters. The molecule has 3 rings (SSSR count). The third-order valence-electron chi connectivity index (χ3n) is 3.80. The zero-order valence-electron chi connectivity index (χ0n) is 16.3. The average molecular weight is 465 g/mol. The van der Waals surface area contributed by atoms with Crippen LogP contribution in [-0.4, -0.2) is 27.3 Å². The number of pyridine rings is 1. The van der Waals surface area contributed by atoms with Gasteiger partial charge in [-0.2, -0.15) is 40.8 Å². The van der Waals surface area contributed by atoms with Gasteiger partial charge < -0.3 is 14.2 Å². The van der Waals surface area contributed by atoms with Crippen molar-refractivity contribution in [3.63, 3.8) is 0 Å². The number of nitrogens with zero attached hydrogens (tertiary/aromatic N) is 3. The van der Waals surface area contributed by atoms with Gasteiger partial charge in [-0.05, 0) is 24.6 Å². The van der Waals surface area contributed by atoms with E-state index in [4.69, 9.17) is 9.47 Å². The van der Waals surface area contributed by atoms with Crippen LogP contribution < -0.4 is 14.2 Å². The lowest BCUT2D eigenvalue weighted by molar-refractivity contribution is -0.253. The molecule has 0 radical (unpaired) electrons. The number of ether oxygens (including phenoxy) is 3. The van der Waals surface area contributed by atoms with E-state index in [2.05, 4.69) is 14.8 Å². The first-order valence-corrected chi connectivity index (χ1v) is 8.74. The standard InChI is InChI=1S/C19H14F7N3O3/c1-10-6-14(30-11-4-3-5-12(8-11)32-19(25,26)17(20)21)27-15(7-10)31-16-9-13(18(22,23)24)28-29(16)2/h3-9,17H,1-2H3. The Morgan fingerprint density at radius 1 is 0.906 bits per heavy atom. The molecular weight excluding hydrogens is 451 g/mol. The molecule has 0 fully saturated rings. The van der Waals surface area contributed by atoms with Crippen LogP contribution in [0.4, 0.5) is 30.7 Å². The summed E-state index contributed by atoms with van der Waals surface area (Å²) in [5.74, 6) is -1.13. The number of rotatable bonds is 7. The Labute approximate surface area is 176 Å². The van der Waals surface area contributed by atoms with Gasteiger partial charge in [0.1, 0.15) is 11.5 Å². The average Bonchev–Trinajstić information content (AvgIpc) is 3.02. The molecule has 1 aromatic carbocycles. The number of aromatic nitrogens is 3. The van der Waals surface area contributed by atoms with Gasteiger partial charge in [0.15, 0.2) is 5.69 Å². The van der Waals surface area contributed by atoms with Crippen molar-refractivity contribution in [2.24, 2.45) is 7.05 Å². The number of halogens is 7. The molecule has 0 aliphatic carbocycles. The molecule has 2 heterocycles. The highest BCUT2D eigenvalue weighted by Gasteiger charge is 2.44. The quantitative estimate of drug-likeness (QED) is 0.403. The zero-order chi connectivity index (χ0) is 23.7. The van der Waals surface area contributed by atoms with Gasteiger partial charge >= 0.3 is 18.7 Å². The van der Waals surface area contributed by atoms with Crippen molar-refractivity contribution in [1.82, 2.24) is 14.8 Å². The molecule has 0 amide bonds. The van der Waals surface area contributed by atoms with Crippen molar-refractivity contribution in [2.45, 2.75) is 25.6 Å². The maximum absolute atomic E-state index is 13.1. The summed E-state index contributed by atoms with van der Waals surface area (Å²) < 4.78 is 105. The number of hydrogen-bond acceptors (Lipinski definition) is 5. The zero-order valence-corrected chi connectivity index (χ0v) is 16.3. The summed E-state index contributed by atoms with van der Waals surface area (Å²) in [7, 11) is 1.25. The van der Waals surface area contributed by atoms with E-state index in [1.165, 1.54) is 31.3 Å². The first-order chi connectivity index (χ1) is 14.8. The summed E-state index contributed by atoms with van der Waals surface area (Å²) in [6.45, 7) is 1.62. The lowest BCUT2D eigenvalue weighted by Gasteiger charge is -2.17. The Kier molecular flexibility index (Phi) is 6.19. The van der Waals surface area contributed by atoms with Crippen LogP contribution in [0, 0.1) is 6.92 Å². The molecular formula is C19H14F7N3O3. The highest BCUT2D eigenvalue weighted by molar-refractivity contribution is 5.37. The molecule has 0 atom stereocenters. The van der Waals surface area contributed by atoms with E-state index in [-0.39, 0.29) is 23.4 Å². The second-order valence-corrected chi connectivity index (χ2v) is 6.45. The Morgan fingerprint density at radius 2 is 1.53 bits per heavy atom. The Morgan fingerprint density at radius 3 is 2.12 bits per heavy atom. The Hall–Kier alpha value is -3.51. The Balaban J connectivity index is 1.80. The van der Waals surface area contributed by atoms with Gasteiger partial charge in [0.2, 0.25) is 17.6 Å². The molecule has 6 nitrogen and oxygen atoms in total. The maximum Gasteiger partial charge on any atom is 0.461 e. The molecule has 32 heavy (non-hydrogen) atoms. The molecule has 0 saturated heterocycles. The summed E-state index contributed by atoms with van der Waals surface area (Å²) in [6.07, 6.45) is -13.4. The number of hydrogen-bond donors (Lipinski definition) is 0. The van der Waals surface area contributed by atoms with E-state index in [0.29, 0.717) is 11.6 Å². The summed E-state index contributed by atoms with van der Waals surface area (Å²) in [6, 6.07) is 8.06. The predicted octanol–water partition coefficient (Wildman–Crippen LogP) is 5.96. The monoisotopic (exact) mass is 465 g/mol. The Bertz CT molecular complexity index is 1100. The van der Waals surface area contributed by atoms with Crippen LogP contribution in [0.1, 0.15) is 11.3 Å². The van der Waals surface area contributed by atoms with Crippen molar-refractivity contribution < 1.29 is 44.9 Å². The van der Waals surface area contributed by atoms with Crippen molar-refractivity contribution in [3.8, 4) is 29.1 Å². The van der Waals surface area contributed by atoms with Crippen molar-refractivity contribution >= 4 is 0 Å². The second-order valence-electron chi connectivity index (χ2n) is 6.45. The second kappa shape index (κ2) is 8.55. The van der Waals surface area contributed by atoms with Crippen LogP contribution in [-0.2, 0) is 13.2 Å². The molecule has 3 aromatic rings. The molecule has 0 N–H and O–H groups in total. The van der Waals surface area contributed by atoms with Crippen LogP contribution in [0.25, 0.3) is 0 Å². The SMILES string of the molecule is Cc1cc(Oc2cccc(OC(F)(F)C(F)F)c2)nc(Oc2cc(C(F)(F)F)nn2C)c1. The first kappa shape index (κ1) is 23.2. The molecule has 0 spiro atoms. The van der Waals surface area contributed by atoms with Gasteiger partial charge in [-0.25, -0.2) is 4.68 Å². The van der Waals surface area contributed by atoms with Crippen LogP contribution in [0.5, 0.6) is 29.1 Å². The molecule has 0 bridgehead atoms. The highest BCUT2D eigenvalue weighted by atomic mass is 19.4. The third kappa shape index (κ3) is 5.59. The van der Waals surface area contributed by atoms with Crippen LogP contribution >= 0.6 is 0 Å². The molecule has 0 aliphatic heterocycles. The fourth-order valence-corrected chi connectivity index (χ4v) is 2.42. The minimum absolute atomic E-state index is 0.0727. The topological polar surface area (TPSA) is 58.4 Å². The highest BCUT2D eigenvalue weighted by Crippen LogP contribution is 2.34. The molecule has 2 aromatic heterocycles. The van der Waals surface area contributed by atoms with Gasteiger partial charge in [-0.1, -0.05) is 6.07 Å². The van der Waals surface area contributed by atoms with E-state index in [0.717, 1.165) is 16.8 Å². The lowest BCUT2D eigenvalue weighted by atomic mass is 10.3. The van der Waals surface area contributed by atoms with Gasteiger partial charge in [-0.3, -0.25) is 0 Å². The lowest BCUT2D eigenvalue weighted by Crippen LogP contribution is -2.33. The predicted molar refractivity (Wildman–Crippen MR) is 95.4 cm³/mol. The van der Waals surface area contributed by atoms with Gasteiger partial charge in [0.05, 0.1) is 0 Å². The van der Waals surface area contributed by atoms with Gasteiger partial charge in [-0.15, -0.1) is 0 Å². The molecule has 0 saturated carbocycles. The minimum Gasteiger partial charge on any atom is -0.439 e. The van der Waals surface area contributed by atoms with Crippen LogP contribution in [0.3, 0.4) is 0 Å². The third-order valence-corrected chi connectivity index (χ3v) is 3.80. The van der Waals surface area contributed by atoms with E-state index in [1.54, 1.807) is 6.92 Å². The van der Waals surface area contributed by atoms with E-state index >= 15 is 0 Å². The first-order valence-electron chi connectivity index (χ1n) is 8.74. The fourth-order valence-electron chi connectivity index (χ4n) is 2.42. The number of alkyl halides is 7. The normalized spacial score (nSPS) is 12.2. The van der Waals surface area contributed by atoms with Crippen LogP contribution in [0.15, 0.2) is 42.5 Å². The van der Waals surface area contributed by atoms with Gasteiger partial charge in [0, 0.05) is 31.3 Å². The van der Waals surface area contributed by atoms with E-state index in [9.17, 15) is 30.7 Å². The molecule has 0 aliphatic rings. The van der Waals surface area contributed by atoms with E-state index in [1.807, 2.05) is 0 Å². The number of aryl methyl sites for hydroxylation is 2. The smallest absolute Gasteiger partial charge is 0.439 e. The summed E-state index contributed by atoms with van der Waals surface area (Å²) in [5, 5.41) is 3.32. The summed E-state index contributed by atoms with van der Waals surface area (Å²) in [4.78, 5) is 3.99. The van der Waals surface area contributed by atoms with Gasteiger partial charge in [0.25, 0.3) is 0 Å². The molecule has 172 valence electrons. The largest absolute Gasteiger partial charge is 0.461 e. The minimum atomic E-state index is -4.69. The van der Waals surface area contributed by atoms with Crippen molar-refractivity contribution in [3.05, 3.63) is 53.7 Å². The summed E-state index contributed by atoms with van der Waals surface area (Å²) in [5.41, 5.74) is -0.614. The molecule has 13 heteroatoms. The number of benzene rings is 1. The summed E-state index contributed by atoms with van der Waals surface area (Å²) >= 11 is 0. The maximum atomic E-state index is 13.1. The van der Waals surface area contributed by atoms with Crippen LogP contribution in [0.2, 0.25) is 0 Å². The fraction of sp³-hybridized carbons (Fsp3) is 0.263. The van der Waals surface area contributed by atoms with Crippen molar-refractivity contribution in [2.75, 3.05) is 0 Å². The van der Waals surface area contributed by atoms with E-state index < -0.39 is 30.2 Å². The van der Waals surface area contributed by atoms with Crippen molar-refractivity contribution in [1.29, 1.82) is 0 Å².